The van der Waals surface area contributed by atoms with Crippen molar-refractivity contribution >= 4 is 17.5 Å². The van der Waals surface area contributed by atoms with E-state index in [0.29, 0.717) is 25.1 Å². The van der Waals surface area contributed by atoms with Crippen LogP contribution in [0.5, 0.6) is 0 Å². The monoisotopic (exact) mass is 285 g/mol. The molecule has 0 saturated carbocycles. The molecular formula is C11H13ClFN5O. The SMILES string of the molecule is [N-]=[N+]=NCCCNC(C(N)=O)c1ccc(Cl)c(F)c1. The first-order valence-corrected chi connectivity index (χ1v) is 5.92. The smallest absolute Gasteiger partial charge is 0.239 e. The Morgan fingerprint density at radius 1 is 1.63 bits per heavy atom. The van der Waals surface area contributed by atoms with Crippen LogP contribution in [-0.2, 0) is 4.79 Å². The van der Waals surface area contributed by atoms with Crippen molar-refractivity contribution in [2.75, 3.05) is 13.1 Å². The molecule has 1 amide bonds. The first-order valence-electron chi connectivity index (χ1n) is 5.54. The zero-order valence-electron chi connectivity index (χ0n) is 10.0. The molecule has 0 aliphatic rings. The van der Waals surface area contributed by atoms with E-state index >= 15 is 0 Å². The van der Waals surface area contributed by atoms with E-state index in [1.807, 2.05) is 0 Å². The van der Waals surface area contributed by atoms with E-state index < -0.39 is 17.8 Å². The summed E-state index contributed by atoms with van der Waals surface area (Å²) in [6.07, 6.45) is 0.546. The van der Waals surface area contributed by atoms with E-state index in [9.17, 15) is 9.18 Å². The lowest BCUT2D eigenvalue weighted by Crippen LogP contribution is -2.34. The molecule has 0 fully saturated rings. The minimum Gasteiger partial charge on any atom is -0.368 e. The maximum Gasteiger partial charge on any atom is 0.239 e. The Labute approximate surface area is 114 Å². The van der Waals surface area contributed by atoms with E-state index in [-0.39, 0.29) is 5.02 Å². The van der Waals surface area contributed by atoms with Crippen molar-refractivity contribution in [3.8, 4) is 0 Å². The Bertz CT molecular complexity index is 504. The number of carbonyl (C=O) groups is 1. The second-order valence-electron chi connectivity index (χ2n) is 3.77. The Hall–Kier alpha value is -1.82. The highest BCUT2D eigenvalue weighted by molar-refractivity contribution is 6.30. The highest BCUT2D eigenvalue weighted by Gasteiger charge is 2.18. The maximum absolute atomic E-state index is 13.3. The molecule has 0 bridgehead atoms. The second kappa shape index (κ2) is 7.58. The van der Waals surface area contributed by atoms with Gasteiger partial charge in [-0.2, -0.15) is 0 Å². The number of halogens is 2. The van der Waals surface area contributed by atoms with E-state index in [1.165, 1.54) is 12.1 Å². The van der Waals surface area contributed by atoms with Crippen molar-refractivity contribution in [3.05, 3.63) is 45.0 Å². The molecule has 1 unspecified atom stereocenters. The molecule has 0 radical (unpaired) electrons. The fourth-order valence-corrected chi connectivity index (χ4v) is 1.63. The molecule has 0 aliphatic heterocycles. The quantitative estimate of drug-likeness (QED) is 0.347. The number of hydrogen-bond acceptors (Lipinski definition) is 3. The molecule has 0 heterocycles. The van der Waals surface area contributed by atoms with Crippen LogP contribution in [0.3, 0.4) is 0 Å². The minimum absolute atomic E-state index is 0.0182. The average Bonchev–Trinajstić information content (AvgIpc) is 2.37. The van der Waals surface area contributed by atoms with Gasteiger partial charge in [0.25, 0.3) is 0 Å². The molecule has 6 nitrogen and oxygen atoms in total. The summed E-state index contributed by atoms with van der Waals surface area (Å²) < 4.78 is 13.3. The molecule has 8 heteroatoms. The lowest BCUT2D eigenvalue weighted by Gasteiger charge is -2.15. The van der Waals surface area contributed by atoms with Gasteiger partial charge in [0, 0.05) is 11.5 Å². The van der Waals surface area contributed by atoms with Gasteiger partial charge in [-0.1, -0.05) is 22.8 Å². The van der Waals surface area contributed by atoms with Gasteiger partial charge in [0.05, 0.1) is 5.02 Å². The zero-order valence-corrected chi connectivity index (χ0v) is 10.8. The number of nitrogens with one attached hydrogen (secondary N) is 1. The number of nitrogens with two attached hydrogens (primary N) is 1. The average molecular weight is 286 g/mol. The lowest BCUT2D eigenvalue weighted by molar-refractivity contribution is -0.120. The number of azide groups is 1. The molecule has 3 N–H and O–H groups in total. The molecule has 1 aromatic rings. The number of hydrogen-bond donors (Lipinski definition) is 2. The number of primary amides is 1. The predicted octanol–water partition coefficient (Wildman–Crippen LogP) is 2.30. The van der Waals surface area contributed by atoms with Crippen molar-refractivity contribution in [1.29, 1.82) is 0 Å². The Balaban J connectivity index is 2.69. The fourth-order valence-electron chi connectivity index (χ4n) is 1.52. The van der Waals surface area contributed by atoms with Gasteiger partial charge in [-0.15, -0.1) is 0 Å². The largest absolute Gasteiger partial charge is 0.368 e. The third-order valence-electron chi connectivity index (χ3n) is 2.41. The Morgan fingerprint density at radius 3 is 2.95 bits per heavy atom. The van der Waals surface area contributed by atoms with Crippen molar-refractivity contribution in [1.82, 2.24) is 5.32 Å². The second-order valence-corrected chi connectivity index (χ2v) is 4.18. The summed E-state index contributed by atoms with van der Waals surface area (Å²) in [5.74, 6) is -1.23. The topological polar surface area (TPSA) is 104 Å². The van der Waals surface area contributed by atoms with Crippen LogP contribution >= 0.6 is 11.6 Å². The van der Waals surface area contributed by atoms with Gasteiger partial charge in [0.2, 0.25) is 5.91 Å². The first kappa shape index (κ1) is 15.2. The van der Waals surface area contributed by atoms with Gasteiger partial charge >= 0.3 is 0 Å². The summed E-state index contributed by atoms with van der Waals surface area (Å²) in [5.41, 5.74) is 13.8. The van der Waals surface area contributed by atoms with Crippen LogP contribution in [0.15, 0.2) is 23.3 Å². The highest BCUT2D eigenvalue weighted by atomic mass is 35.5. The molecule has 1 rings (SSSR count). The molecular weight excluding hydrogens is 273 g/mol. The summed E-state index contributed by atoms with van der Waals surface area (Å²) in [5, 5.41) is 6.21. The first-order chi connectivity index (χ1) is 9.06. The number of benzene rings is 1. The molecule has 19 heavy (non-hydrogen) atoms. The summed E-state index contributed by atoms with van der Waals surface area (Å²) in [4.78, 5) is 13.9. The number of carbonyl (C=O) groups excluding carboxylic acids is 1. The van der Waals surface area contributed by atoms with Crippen molar-refractivity contribution in [2.45, 2.75) is 12.5 Å². The lowest BCUT2D eigenvalue weighted by atomic mass is 10.1. The number of amides is 1. The van der Waals surface area contributed by atoms with Crippen molar-refractivity contribution in [3.63, 3.8) is 0 Å². The number of rotatable bonds is 7. The van der Waals surface area contributed by atoms with Crippen LogP contribution in [-0.4, -0.2) is 19.0 Å². The predicted molar refractivity (Wildman–Crippen MR) is 70.0 cm³/mol. The summed E-state index contributed by atoms with van der Waals surface area (Å²) in [6.45, 7) is 0.723. The van der Waals surface area contributed by atoms with E-state index in [4.69, 9.17) is 22.9 Å². The maximum atomic E-state index is 13.3. The van der Waals surface area contributed by atoms with Gasteiger partial charge in [0.1, 0.15) is 11.9 Å². The van der Waals surface area contributed by atoms with E-state index in [1.54, 1.807) is 0 Å². The highest BCUT2D eigenvalue weighted by Crippen LogP contribution is 2.20. The van der Waals surface area contributed by atoms with E-state index in [2.05, 4.69) is 15.3 Å². The molecule has 0 saturated heterocycles. The van der Waals surface area contributed by atoms with Crippen LogP contribution in [0.2, 0.25) is 5.02 Å². The standard InChI is InChI=1S/C11H13ClFN5O/c12-8-3-2-7(6-9(8)13)10(11(14)19)16-4-1-5-17-18-15/h2-3,6,10,16H,1,4-5H2,(H2,14,19). The fraction of sp³-hybridized carbons (Fsp3) is 0.364. The Morgan fingerprint density at radius 2 is 2.37 bits per heavy atom. The van der Waals surface area contributed by atoms with Gasteiger partial charge in [-0.25, -0.2) is 4.39 Å². The van der Waals surface area contributed by atoms with Crippen LogP contribution in [0.25, 0.3) is 10.4 Å². The summed E-state index contributed by atoms with van der Waals surface area (Å²) in [7, 11) is 0. The molecule has 1 atom stereocenters. The Kier molecular flexibility index (Phi) is 6.08. The van der Waals surface area contributed by atoms with Crippen LogP contribution in [0.1, 0.15) is 18.0 Å². The van der Waals surface area contributed by atoms with Crippen LogP contribution < -0.4 is 11.1 Å². The minimum atomic E-state index is -0.808. The van der Waals surface area contributed by atoms with Gasteiger partial charge < -0.3 is 11.1 Å². The normalized spacial score (nSPS) is 11.7. The molecule has 0 spiro atoms. The van der Waals surface area contributed by atoms with Crippen LogP contribution in [0.4, 0.5) is 4.39 Å². The van der Waals surface area contributed by atoms with Gasteiger partial charge in [0.15, 0.2) is 0 Å². The third kappa shape index (κ3) is 4.75. The van der Waals surface area contributed by atoms with Crippen molar-refractivity contribution < 1.29 is 9.18 Å². The zero-order chi connectivity index (χ0) is 14.3. The molecule has 0 aliphatic carbocycles. The summed E-state index contributed by atoms with van der Waals surface area (Å²) in [6, 6.07) is 3.25. The number of nitrogens with zero attached hydrogens (tertiary/aromatic N) is 3. The molecule has 102 valence electrons. The van der Waals surface area contributed by atoms with Gasteiger partial charge in [-0.3, -0.25) is 4.79 Å². The van der Waals surface area contributed by atoms with Crippen LogP contribution in [0, 0.1) is 5.82 Å². The van der Waals surface area contributed by atoms with Gasteiger partial charge in [-0.05, 0) is 36.2 Å². The van der Waals surface area contributed by atoms with Crippen molar-refractivity contribution in [2.24, 2.45) is 10.8 Å². The third-order valence-corrected chi connectivity index (χ3v) is 2.71. The molecule has 0 aromatic heterocycles. The summed E-state index contributed by atoms with van der Waals surface area (Å²) >= 11 is 5.57. The molecule has 1 aromatic carbocycles. The van der Waals surface area contributed by atoms with E-state index in [0.717, 1.165) is 6.07 Å².